The summed E-state index contributed by atoms with van der Waals surface area (Å²) in [5.74, 6) is 0. The quantitative estimate of drug-likeness (QED) is 0.708. The Bertz CT molecular complexity index is 521. The molecule has 2 rings (SSSR count). The smallest absolute Gasteiger partial charge is 0.404 e. The molecule has 84 valence electrons. The summed E-state index contributed by atoms with van der Waals surface area (Å²) in [6.45, 7) is -0.0886. The van der Waals surface area contributed by atoms with Crippen molar-refractivity contribution in [3.63, 3.8) is 0 Å². The molecule has 2 heterocycles. The zero-order valence-corrected chi connectivity index (χ0v) is 8.42. The van der Waals surface area contributed by atoms with E-state index in [-0.39, 0.29) is 13.2 Å². The molecule has 6 nitrogen and oxygen atoms in total. The standard InChI is InChI=1S/C10H11N3O3/c14-6-7-8(5-11-10(15)16)13-4-2-1-3-9(13)12-7/h1-4,11,14H,5-6H2,(H,15,16). The Morgan fingerprint density at radius 3 is 3.00 bits per heavy atom. The van der Waals surface area contributed by atoms with Gasteiger partial charge in [0.15, 0.2) is 0 Å². The van der Waals surface area contributed by atoms with Gasteiger partial charge in [0.05, 0.1) is 24.5 Å². The van der Waals surface area contributed by atoms with E-state index >= 15 is 0 Å². The molecule has 1 amide bonds. The van der Waals surface area contributed by atoms with Crippen LogP contribution in [0.5, 0.6) is 0 Å². The number of aromatic nitrogens is 2. The minimum Gasteiger partial charge on any atom is -0.465 e. The Balaban J connectivity index is 2.43. The number of hydrogen-bond acceptors (Lipinski definition) is 3. The van der Waals surface area contributed by atoms with Gasteiger partial charge in [0.1, 0.15) is 5.65 Å². The third-order valence-corrected chi connectivity index (χ3v) is 2.27. The fourth-order valence-electron chi connectivity index (χ4n) is 1.57. The monoisotopic (exact) mass is 221 g/mol. The maximum Gasteiger partial charge on any atom is 0.404 e. The number of nitrogens with zero attached hydrogens (tertiary/aromatic N) is 2. The lowest BCUT2D eigenvalue weighted by Gasteiger charge is -2.03. The minimum atomic E-state index is -1.10. The molecule has 3 N–H and O–H groups in total. The number of amides is 1. The van der Waals surface area contributed by atoms with Gasteiger partial charge in [0, 0.05) is 6.20 Å². The normalized spacial score (nSPS) is 10.6. The Hall–Kier alpha value is -2.08. The maximum absolute atomic E-state index is 10.4. The second-order valence-electron chi connectivity index (χ2n) is 3.25. The Morgan fingerprint density at radius 1 is 1.50 bits per heavy atom. The summed E-state index contributed by atoms with van der Waals surface area (Å²) in [5, 5.41) is 19.9. The van der Waals surface area contributed by atoms with Crippen molar-refractivity contribution in [1.29, 1.82) is 0 Å². The van der Waals surface area contributed by atoms with Gasteiger partial charge in [-0.2, -0.15) is 0 Å². The van der Waals surface area contributed by atoms with Crippen molar-refractivity contribution >= 4 is 11.7 Å². The van der Waals surface area contributed by atoms with Crippen LogP contribution in [0.2, 0.25) is 0 Å². The number of imidazole rings is 1. The van der Waals surface area contributed by atoms with Crippen molar-refractivity contribution in [2.75, 3.05) is 0 Å². The number of aliphatic hydroxyl groups excluding tert-OH is 1. The molecule has 6 heteroatoms. The molecule has 0 bridgehead atoms. The lowest BCUT2D eigenvalue weighted by atomic mass is 10.3. The summed E-state index contributed by atoms with van der Waals surface area (Å²) in [5.41, 5.74) is 1.83. The van der Waals surface area contributed by atoms with E-state index in [1.165, 1.54) is 0 Å². The summed E-state index contributed by atoms with van der Waals surface area (Å²) in [6.07, 6.45) is 0.676. The largest absolute Gasteiger partial charge is 0.465 e. The molecule has 0 aliphatic rings. The molecule has 2 aromatic heterocycles. The fraction of sp³-hybridized carbons (Fsp3) is 0.200. The van der Waals surface area contributed by atoms with Crippen LogP contribution in [0, 0.1) is 0 Å². The van der Waals surface area contributed by atoms with Crippen LogP contribution in [0.1, 0.15) is 11.4 Å². The number of hydrogen-bond donors (Lipinski definition) is 3. The lowest BCUT2D eigenvalue weighted by Crippen LogP contribution is -2.21. The van der Waals surface area contributed by atoms with E-state index in [4.69, 9.17) is 10.2 Å². The first-order chi connectivity index (χ1) is 7.72. The maximum atomic E-state index is 10.4. The SMILES string of the molecule is O=C(O)NCc1c(CO)nc2ccccn12. The van der Waals surface area contributed by atoms with E-state index < -0.39 is 6.09 Å². The number of fused-ring (bicyclic) bond motifs is 1. The van der Waals surface area contributed by atoms with E-state index in [1.54, 1.807) is 16.7 Å². The molecular weight excluding hydrogens is 210 g/mol. The van der Waals surface area contributed by atoms with Crippen molar-refractivity contribution in [3.8, 4) is 0 Å². The highest BCUT2D eigenvalue weighted by Crippen LogP contribution is 2.12. The summed E-state index contributed by atoms with van der Waals surface area (Å²) in [4.78, 5) is 14.6. The molecule has 0 aromatic carbocycles. The highest BCUT2D eigenvalue weighted by molar-refractivity contribution is 5.64. The number of carbonyl (C=O) groups is 1. The lowest BCUT2D eigenvalue weighted by molar-refractivity contribution is 0.193. The van der Waals surface area contributed by atoms with Crippen LogP contribution in [0.4, 0.5) is 4.79 Å². The van der Waals surface area contributed by atoms with Crippen LogP contribution in [-0.4, -0.2) is 25.7 Å². The minimum absolute atomic E-state index is 0.121. The summed E-state index contributed by atoms with van der Waals surface area (Å²) >= 11 is 0. The second kappa shape index (κ2) is 4.19. The predicted molar refractivity (Wildman–Crippen MR) is 56.0 cm³/mol. The first kappa shape index (κ1) is 10.4. The number of rotatable bonds is 3. The topological polar surface area (TPSA) is 86.9 Å². The molecule has 0 unspecified atom stereocenters. The molecule has 0 atom stereocenters. The van der Waals surface area contributed by atoms with Gasteiger partial charge in [0.25, 0.3) is 0 Å². The van der Waals surface area contributed by atoms with Crippen LogP contribution < -0.4 is 5.32 Å². The molecule has 0 saturated carbocycles. The number of nitrogens with one attached hydrogen (secondary N) is 1. The third-order valence-electron chi connectivity index (χ3n) is 2.27. The van der Waals surface area contributed by atoms with E-state index in [9.17, 15) is 4.79 Å². The van der Waals surface area contributed by atoms with Crippen LogP contribution >= 0.6 is 0 Å². The van der Waals surface area contributed by atoms with E-state index in [1.807, 2.05) is 12.1 Å². The highest BCUT2D eigenvalue weighted by Gasteiger charge is 2.11. The average Bonchev–Trinajstić information content (AvgIpc) is 2.64. The number of pyridine rings is 1. The van der Waals surface area contributed by atoms with Gasteiger partial charge >= 0.3 is 6.09 Å². The van der Waals surface area contributed by atoms with E-state index in [2.05, 4.69) is 10.3 Å². The van der Waals surface area contributed by atoms with E-state index in [0.717, 1.165) is 0 Å². The van der Waals surface area contributed by atoms with Crippen LogP contribution in [-0.2, 0) is 13.2 Å². The average molecular weight is 221 g/mol. The molecular formula is C10H11N3O3. The van der Waals surface area contributed by atoms with Gasteiger partial charge in [-0.3, -0.25) is 0 Å². The molecule has 2 aromatic rings. The Morgan fingerprint density at radius 2 is 2.31 bits per heavy atom. The second-order valence-corrected chi connectivity index (χ2v) is 3.25. The van der Waals surface area contributed by atoms with Gasteiger partial charge in [-0.25, -0.2) is 9.78 Å². The number of carboxylic acid groups (broad SMARTS) is 1. The van der Waals surface area contributed by atoms with Crippen LogP contribution in [0.25, 0.3) is 5.65 Å². The first-order valence-electron chi connectivity index (χ1n) is 4.75. The van der Waals surface area contributed by atoms with E-state index in [0.29, 0.717) is 17.0 Å². The van der Waals surface area contributed by atoms with Crippen molar-refractivity contribution in [2.45, 2.75) is 13.2 Å². The van der Waals surface area contributed by atoms with Gasteiger partial charge in [0.2, 0.25) is 0 Å². The first-order valence-corrected chi connectivity index (χ1v) is 4.75. The molecule has 0 spiro atoms. The predicted octanol–water partition coefficient (Wildman–Crippen LogP) is 0.594. The molecule has 0 fully saturated rings. The van der Waals surface area contributed by atoms with Crippen molar-refractivity contribution < 1.29 is 15.0 Å². The molecule has 16 heavy (non-hydrogen) atoms. The third kappa shape index (κ3) is 1.82. The van der Waals surface area contributed by atoms with Crippen LogP contribution in [0.3, 0.4) is 0 Å². The van der Waals surface area contributed by atoms with Crippen LogP contribution in [0.15, 0.2) is 24.4 Å². The molecule has 0 aliphatic heterocycles. The van der Waals surface area contributed by atoms with Gasteiger partial charge in [-0.1, -0.05) is 6.07 Å². The zero-order chi connectivity index (χ0) is 11.5. The summed E-state index contributed by atoms with van der Waals surface area (Å²) in [6, 6.07) is 5.45. The zero-order valence-electron chi connectivity index (χ0n) is 8.42. The highest BCUT2D eigenvalue weighted by atomic mass is 16.4. The van der Waals surface area contributed by atoms with Gasteiger partial charge < -0.3 is 19.9 Å². The van der Waals surface area contributed by atoms with Gasteiger partial charge in [-0.15, -0.1) is 0 Å². The summed E-state index contributed by atoms with van der Waals surface area (Å²) < 4.78 is 1.75. The molecule has 0 saturated heterocycles. The van der Waals surface area contributed by atoms with Crippen molar-refractivity contribution in [1.82, 2.24) is 14.7 Å². The molecule has 0 radical (unpaired) electrons. The van der Waals surface area contributed by atoms with Crippen molar-refractivity contribution in [3.05, 3.63) is 35.8 Å². The molecule has 0 aliphatic carbocycles. The fourth-order valence-corrected chi connectivity index (χ4v) is 1.57. The number of aliphatic hydroxyl groups is 1. The Kier molecular flexibility index (Phi) is 2.74. The summed E-state index contributed by atoms with van der Waals surface area (Å²) in [7, 11) is 0. The van der Waals surface area contributed by atoms with Gasteiger partial charge in [-0.05, 0) is 12.1 Å². The Labute approximate surface area is 91.2 Å². The van der Waals surface area contributed by atoms with Crippen molar-refractivity contribution in [2.24, 2.45) is 0 Å².